The number of hydrogen-bond donors (Lipinski definition) is 1. The number of oxazole rings is 1. The van der Waals surface area contributed by atoms with E-state index in [0.29, 0.717) is 11.6 Å². The van der Waals surface area contributed by atoms with Crippen LogP contribution in [0.1, 0.15) is 45.4 Å². The van der Waals surface area contributed by atoms with E-state index in [1.54, 1.807) is 23.3 Å². The van der Waals surface area contributed by atoms with Crippen LogP contribution in [0.15, 0.2) is 23.0 Å². The van der Waals surface area contributed by atoms with E-state index in [1.807, 2.05) is 6.92 Å². The minimum absolute atomic E-state index is 0.0336. The van der Waals surface area contributed by atoms with Gasteiger partial charge in [0.1, 0.15) is 11.8 Å². The van der Waals surface area contributed by atoms with Gasteiger partial charge in [-0.15, -0.1) is 0 Å². The van der Waals surface area contributed by atoms with Crippen LogP contribution in [0.25, 0.3) is 0 Å². The quantitative estimate of drug-likeness (QED) is 0.866. The van der Waals surface area contributed by atoms with Gasteiger partial charge >= 0.3 is 0 Å². The first-order valence-corrected chi connectivity index (χ1v) is 5.64. The molecule has 1 atom stereocenters. The van der Waals surface area contributed by atoms with Crippen LogP contribution in [0.2, 0.25) is 0 Å². The van der Waals surface area contributed by atoms with Crippen molar-refractivity contribution in [3.05, 3.63) is 30.2 Å². The zero-order valence-electron chi connectivity index (χ0n) is 10.6. The third-order valence-electron chi connectivity index (χ3n) is 2.64. The molecule has 2 aromatic rings. The maximum absolute atomic E-state index is 5.76. The van der Waals surface area contributed by atoms with Crippen LogP contribution in [0, 0.1) is 0 Å². The van der Waals surface area contributed by atoms with Crippen molar-refractivity contribution in [1.82, 2.24) is 14.8 Å². The molecule has 2 heterocycles. The smallest absolute Gasteiger partial charge is 0.218 e. The van der Waals surface area contributed by atoms with Crippen LogP contribution in [-0.2, 0) is 5.41 Å². The Balaban J connectivity index is 2.26. The summed E-state index contributed by atoms with van der Waals surface area (Å²) in [7, 11) is 0. The molecule has 2 rings (SSSR count). The summed E-state index contributed by atoms with van der Waals surface area (Å²) in [6.07, 6.45) is 5.16. The summed E-state index contributed by atoms with van der Waals surface area (Å²) in [5.41, 5.74) is 6.24. The Morgan fingerprint density at radius 1 is 1.35 bits per heavy atom. The van der Waals surface area contributed by atoms with Gasteiger partial charge in [-0.3, -0.25) is 4.68 Å². The van der Waals surface area contributed by atoms with E-state index in [4.69, 9.17) is 10.2 Å². The van der Waals surface area contributed by atoms with Crippen molar-refractivity contribution < 1.29 is 4.42 Å². The number of rotatable bonds is 2. The number of nitrogen functional groups attached to an aromatic ring is 1. The van der Waals surface area contributed by atoms with Gasteiger partial charge in [0.2, 0.25) is 5.89 Å². The molecule has 92 valence electrons. The highest BCUT2D eigenvalue weighted by atomic mass is 16.4. The van der Waals surface area contributed by atoms with Crippen molar-refractivity contribution >= 4 is 5.69 Å². The number of nitrogens with two attached hydrogens (primary N) is 1. The first-order valence-electron chi connectivity index (χ1n) is 5.64. The molecule has 0 aromatic carbocycles. The predicted molar refractivity (Wildman–Crippen MR) is 65.7 cm³/mol. The molecule has 0 saturated carbocycles. The molecule has 0 radical (unpaired) electrons. The van der Waals surface area contributed by atoms with Gasteiger partial charge < -0.3 is 10.2 Å². The predicted octanol–water partition coefficient (Wildman–Crippen LogP) is 2.36. The van der Waals surface area contributed by atoms with Crippen LogP contribution >= 0.6 is 0 Å². The van der Waals surface area contributed by atoms with Gasteiger partial charge in [-0.05, 0) is 6.92 Å². The highest BCUT2D eigenvalue weighted by molar-refractivity contribution is 5.30. The molecule has 0 amide bonds. The van der Waals surface area contributed by atoms with Gasteiger partial charge in [-0.2, -0.15) is 5.10 Å². The summed E-state index contributed by atoms with van der Waals surface area (Å²) in [4.78, 5) is 4.30. The summed E-state index contributed by atoms with van der Waals surface area (Å²) < 4.78 is 7.50. The Hall–Kier alpha value is -1.78. The minimum atomic E-state index is -0.0524. The lowest BCUT2D eigenvalue weighted by atomic mass is 9.94. The molecule has 5 heteroatoms. The van der Waals surface area contributed by atoms with Crippen LogP contribution < -0.4 is 5.73 Å². The summed E-state index contributed by atoms with van der Waals surface area (Å²) in [6.45, 7) is 8.25. The lowest BCUT2D eigenvalue weighted by molar-refractivity contribution is 0.348. The van der Waals surface area contributed by atoms with Gasteiger partial charge in [0.05, 0.1) is 18.1 Å². The van der Waals surface area contributed by atoms with E-state index >= 15 is 0 Å². The molecule has 2 aromatic heterocycles. The first-order chi connectivity index (χ1) is 7.88. The topological polar surface area (TPSA) is 69.9 Å². The molecule has 0 aliphatic heterocycles. The highest BCUT2D eigenvalue weighted by Crippen LogP contribution is 2.26. The standard InChI is InChI=1S/C12H18N4O/c1-8(16-7-9(13)5-15-16)11-14-6-10(17-11)12(2,3)4/h5-8H,13H2,1-4H3. The molecule has 0 saturated heterocycles. The van der Waals surface area contributed by atoms with Crippen LogP contribution in [0.5, 0.6) is 0 Å². The Morgan fingerprint density at radius 3 is 2.53 bits per heavy atom. The molecule has 0 bridgehead atoms. The average molecular weight is 234 g/mol. The van der Waals surface area contributed by atoms with Gasteiger partial charge in [0.15, 0.2) is 0 Å². The van der Waals surface area contributed by atoms with E-state index in [0.717, 1.165) is 5.76 Å². The van der Waals surface area contributed by atoms with Crippen LogP contribution in [0.4, 0.5) is 5.69 Å². The maximum atomic E-state index is 5.76. The van der Waals surface area contributed by atoms with Gasteiger partial charge in [0, 0.05) is 11.6 Å². The molecule has 0 fully saturated rings. The van der Waals surface area contributed by atoms with Gasteiger partial charge in [-0.25, -0.2) is 4.98 Å². The maximum Gasteiger partial charge on any atom is 0.218 e. The summed E-state index contributed by atoms with van der Waals surface area (Å²) in [5.74, 6) is 1.53. The highest BCUT2D eigenvalue weighted by Gasteiger charge is 2.22. The Bertz CT molecular complexity index is 507. The number of aromatic nitrogens is 3. The summed E-state index contributed by atoms with van der Waals surface area (Å²) in [6, 6.07) is -0.0524. The van der Waals surface area contributed by atoms with Crippen molar-refractivity contribution in [1.29, 1.82) is 0 Å². The lowest BCUT2D eigenvalue weighted by Crippen LogP contribution is -2.10. The number of hydrogen-bond acceptors (Lipinski definition) is 4. The van der Waals surface area contributed by atoms with E-state index in [-0.39, 0.29) is 11.5 Å². The minimum Gasteiger partial charge on any atom is -0.443 e. The largest absolute Gasteiger partial charge is 0.443 e. The molecular formula is C12H18N4O. The fourth-order valence-electron chi connectivity index (χ4n) is 1.51. The second-order valence-electron chi connectivity index (χ2n) is 5.24. The van der Waals surface area contributed by atoms with E-state index < -0.39 is 0 Å². The Kier molecular flexibility index (Phi) is 2.69. The SMILES string of the molecule is CC(c1ncc(C(C)(C)C)o1)n1cc(N)cn1. The second-order valence-corrected chi connectivity index (χ2v) is 5.24. The summed E-state index contributed by atoms with van der Waals surface area (Å²) >= 11 is 0. The Labute approximate surface area is 101 Å². The van der Waals surface area contributed by atoms with Gasteiger partial charge in [0.25, 0.3) is 0 Å². The molecular weight excluding hydrogens is 216 g/mol. The van der Waals surface area contributed by atoms with Crippen LogP contribution in [0.3, 0.4) is 0 Å². The van der Waals surface area contributed by atoms with Crippen molar-refractivity contribution in [3.8, 4) is 0 Å². The van der Waals surface area contributed by atoms with E-state index in [9.17, 15) is 0 Å². The molecule has 5 nitrogen and oxygen atoms in total. The second kappa shape index (κ2) is 3.91. The van der Waals surface area contributed by atoms with Crippen molar-refractivity contribution in [2.75, 3.05) is 5.73 Å². The fourth-order valence-corrected chi connectivity index (χ4v) is 1.51. The van der Waals surface area contributed by atoms with Gasteiger partial charge in [-0.1, -0.05) is 20.8 Å². The van der Waals surface area contributed by atoms with Crippen molar-refractivity contribution in [2.45, 2.75) is 39.2 Å². The normalized spacial score (nSPS) is 13.9. The number of anilines is 1. The number of nitrogens with zero attached hydrogens (tertiary/aromatic N) is 3. The third-order valence-corrected chi connectivity index (χ3v) is 2.64. The van der Waals surface area contributed by atoms with Crippen molar-refractivity contribution in [2.24, 2.45) is 0 Å². The molecule has 0 aliphatic rings. The summed E-state index contributed by atoms with van der Waals surface area (Å²) in [5, 5.41) is 4.16. The van der Waals surface area contributed by atoms with E-state index in [2.05, 4.69) is 30.9 Å². The molecule has 0 spiro atoms. The fraction of sp³-hybridized carbons (Fsp3) is 0.500. The zero-order chi connectivity index (χ0) is 12.6. The van der Waals surface area contributed by atoms with Crippen LogP contribution in [-0.4, -0.2) is 14.8 Å². The van der Waals surface area contributed by atoms with E-state index in [1.165, 1.54) is 0 Å². The first kappa shape index (κ1) is 11.7. The molecule has 1 unspecified atom stereocenters. The molecule has 2 N–H and O–H groups in total. The zero-order valence-corrected chi connectivity index (χ0v) is 10.6. The molecule has 17 heavy (non-hydrogen) atoms. The third kappa shape index (κ3) is 2.33. The molecule has 0 aliphatic carbocycles. The lowest BCUT2D eigenvalue weighted by Gasteiger charge is -2.14. The van der Waals surface area contributed by atoms with Crippen molar-refractivity contribution in [3.63, 3.8) is 0 Å². The Morgan fingerprint density at radius 2 is 2.06 bits per heavy atom. The average Bonchev–Trinajstić information content (AvgIpc) is 2.83. The monoisotopic (exact) mass is 234 g/mol.